The summed E-state index contributed by atoms with van der Waals surface area (Å²) in [4.78, 5) is 34.6. The molecule has 0 aromatic rings. The maximum absolute atomic E-state index is 12.0. The molecule has 2 rings (SSSR count). The van der Waals surface area contributed by atoms with Gasteiger partial charge in [-0.1, -0.05) is 15.9 Å². The summed E-state index contributed by atoms with van der Waals surface area (Å²) in [6, 6.07) is 0. The van der Waals surface area contributed by atoms with Crippen molar-refractivity contribution in [3.63, 3.8) is 0 Å². The van der Waals surface area contributed by atoms with E-state index in [2.05, 4.69) is 15.9 Å². The largest absolute Gasteiger partial charge is 0.454 e. The zero-order valence-corrected chi connectivity index (χ0v) is 14.8. The number of rotatable bonds is 4. The van der Waals surface area contributed by atoms with Crippen LogP contribution in [0.4, 0.5) is 0 Å². The van der Waals surface area contributed by atoms with Gasteiger partial charge in [0, 0.05) is 19.2 Å². The number of carbonyl (C=O) groups is 3. The highest BCUT2D eigenvalue weighted by Gasteiger charge is 2.58. The highest BCUT2D eigenvalue weighted by Crippen LogP contribution is 2.37. The van der Waals surface area contributed by atoms with E-state index in [9.17, 15) is 14.4 Å². The number of alkyl halides is 1. The van der Waals surface area contributed by atoms with Gasteiger partial charge in [0.15, 0.2) is 18.0 Å². The fourth-order valence-corrected chi connectivity index (χ4v) is 3.20. The third-order valence-corrected chi connectivity index (χ3v) is 4.04. The summed E-state index contributed by atoms with van der Waals surface area (Å²) in [5, 5.41) is 0.431. The van der Waals surface area contributed by atoms with Crippen molar-refractivity contribution in [3.05, 3.63) is 0 Å². The molecule has 2 heterocycles. The molecular weight excluding hydrogens is 376 g/mol. The van der Waals surface area contributed by atoms with Crippen LogP contribution in [0.15, 0.2) is 0 Å². The third-order valence-electron chi connectivity index (χ3n) is 3.40. The Balaban J connectivity index is 2.26. The Morgan fingerprint density at radius 3 is 2.26 bits per heavy atom. The maximum Gasteiger partial charge on any atom is 0.352 e. The second-order valence-electron chi connectivity index (χ2n) is 5.80. The van der Waals surface area contributed by atoms with E-state index >= 15 is 0 Å². The predicted octanol–water partition coefficient (Wildman–Crippen LogP) is 0.690. The molecule has 0 unspecified atom stereocenters. The molecule has 0 aliphatic carbocycles. The van der Waals surface area contributed by atoms with Crippen molar-refractivity contribution in [2.75, 3.05) is 5.33 Å². The Labute approximate surface area is 141 Å². The molecule has 0 aromatic carbocycles. The first-order valence-corrected chi connectivity index (χ1v) is 8.23. The summed E-state index contributed by atoms with van der Waals surface area (Å²) < 4.78 is 26.9. The van der Waals surface area contributed by atoms with Crippen molar-refractivity contribution >= 4 is 33.8 Å². The van der Waals surface area contributed by atoms with Crippen LogP contribution in [0.5, 0.6) is 0 Å². The highest BCUT2D eigenvalue weighted by molar-refractivity contribution is 9.09. The Morgan fingerprint density at radius 1 is 1.13 bits per heavy atom. The van der Waals surface area contributed by atoms with E-state index in [0.29, 0.717) is 5.33 Å². The summed E-state index contributed by atoms with van der Waals surface area (Å²) in [5.74, 6) is -2.96. The molecule has 2 aliphatic heterocycles. The summed E-state index contributed by atoms with van der Waals surface area (Å²) in [5.41, 5.74) is 0. The molecule has 0 bridgehead atoms. The maximum atomic E-state index is 12.0. The van der Waals surface area contributed by atoms with Gasteiger partial charge in [-0.3, -0.25) is 9.59 Å². The molecule has 0 saturated carbocycles. The van der Waals surface area contributed by atoms with Gasteiger partial charge in [0.2, 0.25) is 6.10 Å². The Kier molecular flexibility index (Phi) is 5.32. The average molecular weight is 395 g/mol. The minimum absolute atomic E-state index is 0.420. The molecule has 0 amide bonds. The number of hydrogen-bond donors (Lipinski definition) is 0. The lowest BCUT2D eigenvalue weighted by molar-refractivity contribution is -0.174. The molecule has 0 spiro atoms. The van der Waals surface area contributed by atoms with E-state index in [1.165, 1.54) is 6.92 Å². The number of carbonyl (C=O) groups excluding carboxylic acids is 3. The van der Waals surface area contributed by atoms with Crippen LogP contribution in [-0.2, 0) is 38.1 Å². The van der Waals surface area contributed by atoms with Gasteiger partial charge in [-0.05, 0) is 13.8 Å². The summed E-state index contributed by atoms with van der Waals surface area (Å²) in [6.07, 6.45) is -4.42. The third kappa shape index (κ3) is 4.02. The van der Waals surface area contributed by atoms with E-state index in [-0.39, 0.29) is 0 Å². The van der Waals surface area contributed by atoms with Crippen LogP contribution in [0.25, 0.3) is 0 Å². The van der Waals surface area contributed by atoms with Gasteiger partial charge in [-0.2, -0.15) is 0 Å². The van der Waals surface area contributed by atoms with Crippen molar-refractivity contribution in [3.8, 4) is 0 Å². The zero-order valence-electron chi connectivity index (χ0n) is 13.2. The van der Waals surface area contributed by atoms with Gasteiger partial charge < -0.3 is 23.7 Å². The molecule has 5 atom stereocenters. The molecule has 0 aromatic heterocycles. The molecule has 0 N–H and O–H groups in total. The van der Waals surface area contributed by atoms with Crippen molar-refractivity contribution in [2.24, 2.45) is 0 Å². The number of esters is 3. The second-order valence-corrected chi connectivity index (χ2v) is 6.45. The lowest BCUT2D eigenvalue weighted by Gasteiger charge is -2.26. The smallest absolute Gasteiger partial charge is 0.352 e. The van der Waals surface area contributed by atoms with E-state index in [0.717, 1.165) is 6.92 Å². The van der Waals surface area contributed by atoms with E-state index in [1.54, 1.807) is 13.8 Å². The number of hydrogen-bond acceptors (Lipinski definition) is 8. The van der Waals surface area contributed by atoms with Gasteiger partial charge in [0.05, 0.1) is 0 Å². The van der Waals surface area contributed by atoms with Crippen LogP contribution in [0.3, 0.4) is 0 Å². The highest BCUT2D eigenvalue weighted by atomic mass is 79.9. The standard InChI is InChI=1S/C14H19BrO8/c1-6(16)19-11-10(21-13(18)12(11)20-7(2)17)9-8(5-15)22-14(3,4)23-9/h8-12H,5H2,1-4H3/t8-,9-,10+,11+,12-/m1/s1. The average Bonchev–Trinajstić information content (AvgIpc) is 2.88. The normalized spacial score (nSPS) is 35.7. The Hall–Kier alpha value is -1.19. The van der Waals surface area contributed by atoms with Gasteiger partial charge in [-0.25, -0.2) is 4.79 Å². The number of cyclic esters (lactones) is 1. The van der Waals surface area contributed by atoms with Crippen molar-refractivity contribution < 1.29 is 38.1 Å². The van der Waals surface area contributed by atoms with Gasteiger partial charge >= 0.3 is 17.9 Å². The molecule has 2 saturated heterocycles. The van der Waals surface area contributed by atoms with Crippen molar-refractivity contribution in [1.82, 2.24) is 0 Å². The number of halogens is 1. The van der Waals surface area contributed by atoms with E-state index in [4.69, 9.17) is 23.7 Å². The Morgan fingerprint density at radius 2 is 1.74 bits per heavy atom. The Bertz CT molecular complexity index is 505. The predicted molar refractivity (Wildman–Crippen MR) is 78.6 cm³/mol. The van der Waals surface area contributed by atoms with Crippen molar-refractivity contribution in [1.29, 1.82) is 0 Å². The van der Waals surface area contributed by atoms with E-state index in [1.807, 2.05) is 0 Å². The molecular formula is C14H19BrO8. The first kappa shape index (κ1) is 18.2. The SMILES string of the molecule is CC(=O)O[C@H]1[C@H]([C@@H]2OC(C)(C)O[C@@H]2CBr)OC(=O)[C@@H]1OC(C)=O. The summed E-state index contributed by atoms with van der Waals surface area (Å²) >= 11 is 3.32. The monoisotopic (exact) mass is 394 g/mol. The first-order chi connectivity index (χ1) is 10.6. The minimum Gasteiger partial charge on any atom is -0.454 e. The van der Waals surface area contributed by atoms with Crippen LogP contribution in [-0.4, -0.2) is 59.5 Å². The summed E-state index contributed by atoms with van der Waals surface area (Å²) in [7, 11) is 0. The van der Waals surface area contributed by atoms with Crippen LogP contribution in [0.1, 0.15) is 27.7 Å². The summed E-state index contributed by atoms with van der Waals surface area (Å²) in [6.45, 7) is 5.81. The van der Waals surface area contributed by atoms with Gasteiger partial charge in [0.1, 0.15) is 12.2 Å². The molecule has 23 heavy (non-hydrogen) atoms. The van der Waals surface area contributed by atoms with Crippen molar-refractivity contribution in [2.45, 2.75) is 64.0 Å². The topological polar surface area (TPSA) is 97.4 Å². The molecule has 2 fully saturated rings. The number of ether oxygens (including phenoxy) is 5. The zero-order chi connectivity index (χ0) is 17.4. The first-order valence-electron chi connectivity index (χ1n) is 7.11. The lowest BCUT2D eigenvalue weighted by atomic mass is 10.0. The van der Waals surface area contributed by atoms with Gasteiger partial charge in [0.25, 0.3) is 0 Å². The lowest BCUT2D eigenvalue weighted by Crippen LogP contribution is -2.47. The fraction of sp³-hybridized carbons (Fsp3) is 0.786. The quantitative estimate of drug-likeness (QED) is 0.390. The van der Waals surface area contributed by atoms with Crippen LogP contribution in [0.2, 0.25) is 0 Å². The molecule has 8 nitrogen and oxygen atoms in total. The molecule has 0 radical (unpaired) electrons. The van der Waals surface area contributed by atoms with Crippen LogP contribution in [0, 0.1) is 0 Å². The van der Waals surface area contributed by atoms with Crippen LogP contribution < -0.4 is 0 Å². The van der Waals surface area contributed by atoms with Gasteiger partial charge in [-0.15, -0.1) is 0 Å². The molecule has 130 valence electrons. The minimum atomic E-state index is -1.32. The van der Waals surface area contributed by atoms with E-state index < -0.39 is 54.2 Å². The molecule has 2 aliphatic rings. The van der Waals surface area contributed by atoms with Crippen LogP contribution >= 0.6 is 15.9 Å². The molecule has 9 heteroatoms. The second kappa shape index (κ2) is 6.74. The fourth-order valence-electron chi connectivity index (χ4n) is 2.70.